The zero-order valence-corrected chi connectivity index (χ0v) is 12.9. The van der Waals surface area contributed by atoms with E-state index in [0.717, 1.165) is 13.0 Å². The SMILES string of the molecule is NC(=NCCCN1CCCCCC1)NC1CCCCC1. The summed E-state index contributed by atoms with van der Waals surface area (Å²) in [7, 11) is 0. The summed E-state index contributed by atoms with van der Waals surface area (Å²) in [4.78, 5) is 7.07. The van der Waals surface area contributed by atoms with Crippen molar-refractivity contribution in [3.05, 3.63) is 0 Å². The van der Waals surface area contributed by atoms with Crippen molar-refractivity contribution in [2.24, 2.45) is 10.7 Å². The second-order valence-electron chi connectivity index (χ2n) is 6.36. The Hall–Kier alpha value is -0.770. The summed E-state index contributed by atoms with van der Waals surface area (Å²) in [6.45, 7) is 4.60. The Labute approximate surface area is 124 Å². The summed E-state index contributed by atoms with van der Waals surface area (Å²) in [5.74, 6) is 0.660. The summed E-state index contributed by atoms with van der Waals surface area (Å²) >= 11 is 0. The second-order valence-corrected chi connectivity index (χ2v) is 6.36. The first-order valence-electron chi connectivity index (χ1n) is 8.63. The Morgan fingerprint density at radius 1 is 1.00 bits per heavy atom. The molecule has 4 nitrogen and oxygen atoms in total. The van der Waals surface area contributed by atoms with Crippen molar-refractivity contribution in [3.63, 3.8) is 0 Å². The van der Waals surface area contributed by atoms with Gasteiger partial charge in [-0.25, -0.2) is 0 Å². The quantitative estimate of drug-likeness (QED) is 0.462. The van der Waals surface area contributed by atoms with E-state index in [1.165, 1.54) is 77.4 Å². The van der Waals surface area contributed by atoms with Gasteiger partial charge in [-0.15, -0.1) is 0 Å². The van der Waals surface area contributed by atoms with Crippen LogP contribution in [0.15, 0.2) is 4.99 Å². The molecule has 0 atom stereocenters. The predicted octanol–water partition coefficient (Wildman–Crippen LogP) is 2.49. The Morgan fingerprint density at radius 3 is 2.35 bits per heavy atom. The molecule has 0 unspecified atom stereocenters. The van der Waals surface area contributed by atoms with Crippen LogP contribution < -0.4 is 11.1 Å². The average Bonchev–Trinajstić information content (AvgIpc) is 2.73. The van der Waals surface area contributed by atoms with Crippen molar-refractivity contribution in [2.45, 2.75) is 70.3 Å². The van der Waals surface area contributed by atoms with Crippen molar-refractivity contribution in [1.82, 2.24) is 10.2 Å². The molecule has 1 saturated heterocycles. The zero-order valence-electron chi connectivity index (χ0n) is 12.9. The third-order valence-corrected chi connectivity index (χ3v) is 4.57. The van der Waals surface area contributed by atoms with Gasteiger partial charge in [0.25, 0.3) is 0 Å². The highest BCUT2D eigenvalue weighted by Crippen LogP contribution is 2.17. The minimum atomic E-state index is 0.568. The molecule has 2 rings (SSSR count). The lowest BCUT2D eigenvalue weighted by Crippen LogP contribution is -2.41. The number of guanidine groups is 1. The fraction of sp³-hybridized carbons (Fsp3) is 0.938. The van der Waals surface area contributed by atoms with Gasteiger partial charge in [-0.1, -0.05) is 32.1 Å². The number of hydrogen-bond donors (Lipinski definition) is 2. The van der Waals surface area contributed by atoms with Gasteiger partial charge in [-0.3, -0.25) is 4.99 Å². The Bertz CT molecular complexity index is 276. The van der Waals surface area contributed by atoms with Crippen LogP contribution >= 0.6 is 0 Å². The number of nitrogens with two attached hydrogens (primary N) is 1. The predicted molar refractivity (Wildman–Crippen MR) is 86.0 cm³/mol. The highest BCUT2D eigenvalue weighted by atomic mass is 15.1. The van der Waals surface area contributed by atoms with Crippen LogP contribution in [-0.4, -0.2) is 43.1 Å². The summed E-state index contributed by atoms with van der Waals surface area (Å²) in [5.41, 5.74) is 5.97. The molecule has 0 radical (unpaired) electrons. The topological polar surface area (TPSA) is 53.6 Å². The average molecular weight is 280 g/mol. The van der Waals surface area contributed by atoms with Gasteiger partial charge in [0.05, 0.1) is 0 Å². The van der Waals surface area contributed by atoms with Gasteiger partial charge in [0.15, 0.2) is 5.96 Å². The smallest absolute Gasteiger partial charge is 0.188 e. The minimum Gasteiger partial charge on any atom is -0.370 e. The van der Waals surface area contributed by atoms with E-state index in [-0.39, 0.29) is 0 Å². The van der Waals surface area contributed by atoms with E-state index in [0.29, 0.717) is 12.0 Å². The van der Waals surface area contributed by atoms with Crippen LogP contribution in [0.2, 0.25) is 0 Å². The second kappa shape index (κ2) is 9.22. The molecule has 0 spiro atoms. The molecule has 2 aliphatic rings. The Morgan fingerprint density at radius 2 is 1.65 bits per heavy atom. The van der Waals surface area contributed by atoms with E-state index in [4.69, 9.17) is 5.73 Å². The first-order valence-corrected chi connectivity index (χ1v) is 8.63. The van der Waals surface area contributed by atoms with Crippen LogP contribution in [0.3, 0.4) is 0 Å². The van der Waals surface area contributed by atoms with Gasteiger partial charge < -0.3 is 16.0 Å². The van der Waals surface area contributed by atoms with Crippen molar-refractivity contribution in [1.29, 1.82) is 0 Å². The fourth-order valence-corrected chi connectivity index (χ4v) is 3.36. The molecule has 0 aromatic rings. The molecular formula is C16H32N4. The van der Waals surface area contributed by atoms with E-state index in [9.17, 15) is 0 Å². The molecule has 0 bridgehead atoms. The maximum Gasteiger partial charge on any atom is 0.188 e. The molecular weight excluding hydrogens is 248 g/mol. The standard InChI is InChI=1S/C16H32N4/c17-16(19-15-9-4-3-5-10-15)18-11-8-14-20-12-6-1-2-7-13-20/h15H,1-14H2,(H3,17,18,19). The lowest BCUT2D eigenvalue weighted by Gasteiger charge is -2.23. The third-order valence-electron chi connectivity index (χ3n) is 4.57. The van der Waals surface area contributed by atoms with E-state index >= 15 is 0 Å². The summed E-state index contributed by atoms with van der Waals surface area (Å²) < 4.78 is 0. The Balaban J connectivity index is 1.57. The summed E-state index contributed by atoms with van der Waals surface area (Å²) in [5, 5.41) is 3.38. The molecule has 1 heterocycles. The van der Waals surface area contributed by atoms with Crippen LogP contribution in [0.4, 0.5) is 0 Å². The van der Waals surface area contributed by atoms with Crippen LogP contribution in [0, 0.1) is 0 Å². The van der Waals surface area contributed by atoms with Gasteiger partial charge in [0.1, 0.15) is 0 Å². The van der Waals surface area contributed by atoms with Gasteiger partial charge >= 0.3 is 0 Å². The third kappa shape index (κ3) is 6.12. The number of hydrogen-bond acceptors (Lipinski definition) is 2. The Kier molecular flexibility index (Phi) is 7.20. The van der Waals surface area contributed by atoms with E-state index in [2.05, 4.69) is 15.2 Å². The van der Waals surface area contributed by atoms with Crippen LogP contribution in [0.1, 0.15) is 64.2 Å². The fourth-order valence-electron chi connectivity index (χ4n) is 3.36. The maximum absolute atomic E-state index is 5.97. The van der Waals surface area contributed by atoms with E-state index < -0.39 is 0 Å². The van der Waals surface area contributed by atoms with Crippen LogP contribution in [0.5, 0.6) is 0 Å². The molecule has 1 saturated carbocycles. The summed E-state index contributed by atoms with van der Waals surface area (Å²) in [6.07, 6.45) is 13.2. The van der Waals surface area contributed by atoms with Gasteiger partial charge in [0, 0.05) is 12.6 Å². The molecule has 0 aromatic heterocycles. The van der Waals surface area contributed by atoms with Crippen molar-refractivity contribution in [3.8, 4) is 0 Å². The largest absolute Gasteiger partial charge is 0.370 e. The number of likely N-dealkylation sites (tertiary alicyclic amines) is 1. The molecule has 116 valence electrons. The molecule has 20 heavy (non-hydrogen) atoms. The first-order chi connectivity index (χ1) is 9.84. The minimum absolute atomic E-state index is 0.568. The normalized spacial score (nSPS) is 23.5. The van der Waals surface area contributed by atoms with Crippen LogP contribution in [-0.2, 0) is 0 Å². The highest BCUT2D eigenvalue weighted by molar-refractivity contribution is 5.78. The number of rotatable bonds is 5. The lowest BCUT2D eigenvalue weighted by atomic mass is 9.96. The number of aliphatic imine (C=N–C) groups is 1. The zero-order chi connectivity index (χ0) is 14.0. The maximum atomic E-state index is 5.97. The molecule has 3 N–H and O–H groups in total. The molecule has 1 aliphatic heterocycles. The van der Waals surface area contributed by atoms with E-state index in [1.807, 2.05) is 0 Å². The van der Waals surface area contributed by atoms with Crippen molar-refractivity contribution < 1.29 is 0 Å². The van der Waals surface area contributed by atoms with Crippen LogP contribution in [0.25, 0.3) is 0 Å². The highest BCUT2D eigenvalue weighted by Gasteiger charge is 2.13. The molecule has 0 amide bonds. The van der Waals surface area contributed by atoms with Crippen molar-refractivity contribution in [2.75, 3.05) is 26.2 Å². The number of nitrogens with zero attached hydrogens (tertiary/aromatic N) is 2. The number of nitrogens with one attached hydrogen (secondary N) is 1. The molecule has 1 aliphatic carbocycles. The molecule has 4 heteroatoms. The lowest BCUT2D eigenvalue weighted by molar-refractivity contribution is 0.283. The first kappa shape index (κ1) is 15.6. The molecule has 2 fully saturated rings. The van der Waals surface area contributed by atoms with E-state index in [1.54, 1.807) is 0 Å². The van der Waals surface area contributed by atoms with Gasteiger partial charge in [-0.2, -0.15) is 0 Å². The monoisotopic (exact) mass is 280 g/mol. The van der Waals surface area contributed by atoms with Gasteiger partial charge in [-0.05, 0) is 51.7 Å². The van der Waals surface area contributed by atoms with Gasteiger partial charge in [0.2, 0.25) is 0 Å². The molecule has 0 aromatic carbocycles. The van der Waals surface area contributed by atoms with Crippen molar-refractivity contribution >= 4 is 5.96 Å². The summed E-state index contributed by atoms with van der Waals surface area (Å²) in [6, 6.07) is 0.568.